The molecule has 4 nitrogen and oxygen atoms in total. The van der Waals surface area contributed by atoms with E-state index in [1.807, 2.05) is 0 Å². The standard InChI is InChI=1S/C17H30N4/c1-7-18-14-11-15(20-16(19-14)17(4,5)6)21-10-8-9-13(21)12(2)3/h11-13H,7-10H2,1-6H3,(H,18,19,20). The van der Waals surface area contributed by atoms with Crippen LogP contribution in [0.3, 0.4) is 0 Å². The van der Waals surface area contributed by atoms with Crippen LogP contribution in [0.25, 0.3) is 0 Å². The topological polar surface area (TPSA) is 41.0 Å². The van der Waals surface area contributed by atoms with Gasteiger partial charge in [-0.2, -0.15) is 0 Å². The number of rotatable bonds is 4. The molecule has 1 fully saturated rings. The van der Waals surface area contributed by atoms with Crippen LogP contribution < -0.4 is 10.2 Å². The van der Waals surface area contributed by atoms with Crippen molar-refractivity contribution in [3.8, 4) is 0 Å². The Bertz CT molecular complexity index is 476. The van der Waals surface area contributed by atoms with Crippen molar-refractivity contribution in [2.75, 3.05) is 23.3 Å². The van der Waals surface area contributed by atoms with Gasteiger partial charge in [-0.05, 0) is 25.7 Å². The van der Waals surface area contributed by atoms with E-state index in [0.717, 1.165) is 30.5 Å². The van der Waals surface area contributed by atoms with Crippen molar-refractivity contribution in [3.05, 3.63) is 11.9 Å². The molecule has 1 aliphatic rings. The third-order valence-electron chi connectivity index (χ3n) is 4.10. The van der Waals surface area contributed by atoms with Crippen LogP contribution >= 0.6 is 0 Å². The van der Waals surface area contributed by atoms with Crippen molar-refractivity contribution in [2.24, 2.45) is 5.92 Å². The van der Waals surface area contributed by atoms with Crippen molar-refractivity contribution in [1.29, 1.82) is 0 Å². The average molecular weight is 290 g/mol. The predicted molar refractivity (Wildman–Crippen MR) is 90.1 cm³/mol. The molecule has 2 rings (SSSR count). The minimum Gasteiger partial charge on any atom is -0.370 e. The molecule has 2 heterocycles. The molecule has 21 heavy (non-hydrogen) atoms. The minimum absolute atomic E-state index is 0.0345. The van der Waals surface area contributed by atoms with Gasteiger partial charge in [0.15, 0.2) is 0 Å². The van der Waals surface area contributed by atoms with Crippen molar-refractivity contribution in [3.63, 3.8) is 0 Å². The molecule has 0 spiro atoms. The van der Waals surface area contributed by atoms with Gasteiger partial charge in [-0.15, -0.1) is 0 Å². The molecular formula is C17H30N4. The van der Waals surface area contributed by atoms with E-state index in [2.05, 4.69) is 62.8 Å². The van der Waals surface area contributed by atoms with Gasteiger partial charge in [0.05, 0.1) is 0 Å². The summed E-state index contributed by atoms with van der Waals surface area (Å²) in [5.74, 6) is 3.61. The van der Waals surface area contributed by atoms with Gasteiger partial charge in [0, 0.05) is 30.6 Å². The van der Waals surface area contributed by atoms with Gasteiger partial charge in [0.2, 0.25) is 0 Å². The number of aromatic nitrogens is 2. The molecule has 4 heteroatoms. The summed E-state index contributed by atoms with van der Waals surface area (Å²) in [5, 5.41) is 3.35. The molecule has 1 aromatic heterocycles. The predicted octanol–water partition coefficient (Wildman–Crippen LogP) is 3.83. The molecular weight excluding hydrogens is 260 g/mol. The van der Waals surface area contributed by atoms with E-state index in [1.54, 1.807) is 0 Å². The first-order valence-corrected chi connectivity index (χ1v) is 8.23. The van der Waals surface area contributed by atoms with Gasteiger partial charge in [-0.3, -0.25) is 0 Å². The van der Waals surface area contributed by atoms with Gasteiger partial charge < -0.3 is 10.2 Å². The van der Waals surface area contributed by atoms with Crippen LogP contribution in [-0.2, 0) is 5.41 Å². The first kappa shape index (κ1) is 16.1. The fraction of sp³-hybridized carbons (Fsp3) is 0.765. The van der Waals surface area contributed by atoms with Gasteiger partial charge in [-0.25, -0.2) is 9.97 Å². The second-order valence-electron chi connectivity index (χ2n) is 7.36. The molecule has 1 unspecified atom stereocenters. The van der Waals surface area contributed by atoms with E-state index in [1.165, 1.54) is 12.8 Å². The molecule has 1 N–H and O–H groups in total. The number of hydrogen-bond donors (Lipinski definition) is 1. The van der Waals surface area contributed by atoms with E-state index >= 15 is 0 Å². The lowest BCUT2D eigenvalue weighted by atomic mass is 9.95. The molecule has 1 atom stereocenters. The van der Waals surface area contributed by atoms with Crippen molar-refractivity contribution < 1.29 is 0 Å². The maximum absolute atomic E-state index is 4.88. The van der Waals surface area contributed by atoms with Crippen molar-refractivity contribution >= 4 is 11.6 Å². The monoisotopic (exact) mass is 290 g/mol. The SMILES string of the molecule is CCNc1cc(N2CCCC2C(C)C)nc(C(C)(C)C)n1. The number of anilines is 2. The molecule has 1 saturated heterocycles. The smallest absolute Gasteiger partial charge is 0.138 e. The quantitative estimate of drug-likeness (QED) is 0.915. The van der Waals surface area contributed by atoms with Crippen LogP contribution in [0.5, 0.6) is 0 Å². The lowest BCUT2D eigenvalue weighted by molar-refractivity contribution is 0.486. The second-order valence-corrected chi connectivity index (χ2v) is 7.36. The number of nitrogens with one attached hydrogen (secondary N) is 1. The molecule has 0 aliphatic carbocycles. The lowest BCUT2D eigenvalue weighted by Gasteiger charge is -2.30. The third kappa shape index (κ3) is 3.66. The van der Waals surface area contributed by atoms with E-state index in [9.17, 15) is 0 Å². The van der Waals surface area contributed by atoms with E-state index in [-0.39, 0.29) is 5.41 Å². The van der Waals surface area contributed by atoms with Crippen molar-refractivity contribution in [2.45, 2.75) is 65.8 Å². The van der Waals surface area contributed by atoms with Gasteiger partial charge in [0.1, 0.15) is 17.5 Å². The fourth-order valence-electron chi connectivity index (χ4n) is 2.96. The first-order valence-electron chi connectivity index (χ1n) is 8.23. The van der Waals surface area contributed by atoms with E-state index < -0.39 is 0 Å². The Balaban J connectivity index is 2.40. The summed E-state index contributed by atoms with van der Waals surface area (Å²) in [6.07, 6.45) is 2.53. The van der Waals surface area contributed by atoms with Gasteiger partial charge in [-0.1, -0.05) is 34.6 Å². The molecule has 1 aliphatic heterocycles. The summed E-state index contributed by atoms with van der Waals surface area (Å²) >= 11 is 0. The Labute approximate surface area is 129 Å². The zero-order valence-corrected chi connectivity index (χ0v) is 14.4. The highest BCUT2D eigenvalue weighted by Gasteiger charge is 2.29. The summed E-state index contributed by atoms with van der Waals surface area (Å²) in [5.41, 5.74) is -0.0345. The Morgan fingerprint density at radius 1 is 1.33 bits per heavy atom. The van der Waals surface area contributed by atoms with Crippen LogP contribution in [0.2, 0.25) is 0 Å². The summed E-state index contributed by atoms with van der Waals surface area (Å²) in [7, 11) is 0. The van der Waals surface area contributed by atoms with E-state index in [4.69, 9.17) is 4.98 Å². The highest BCUT2D eigenvalue weighted by atomic mass is 15.2. The Hall–Kier alpha value is -1.32. The van der Waals surface area contributed by atoms with Gasteiger partial charge in [0.25, 0.3) is 0 Å². The average Bonchev–Trinajstić information content (AvgIpc) is 2.87. The van der Waals surface area contributed by atoms with E-state index in [0.29, 0.717) is 12.0 Å². The Morgan fingerprint density at radius 2 is 2.05 bits per heavy atom. The molecule has 1 aromatic rings. The highest BCUT2D eigenvalue weighted by molar-refractivity contribution is 5.51. The summed E-state index contributed by atoms with van der Waals surface area (Å²) in [4.78, 5) is 12.0. The van der Waals surface area contributed by atoms with Gasteiger partial charge >= 0.3 is 0 Å². The zero-order chi connectivity index (χ0) is 15.6. The maximum atomic E-state index is 4.88. The van der Waals surface area contributed by atoms with Crippen molar-refractivity contribution in [1.82, 2.24) is 9.97 Å². The minimum atomic E-state index is -0.0345. The van der Waals surface area contributed by atoms with Crippen LogP contribution in [0, 0.1) is 5.92 Å². The van der Waals surface area contributed by atoms with Crippen LogP contribution in [0.15, 0.2) is 6.07 Å². The fourth-order valence-corrected chi connectivity index (χ4v) is 2.96. The molecule has 0 radical (unpaired) electrons. The number of nitrogens with zero attached hydrogens (tertiary/aromatic N) is 3. The van der Waals surface area contributed by atoms with Crippen LogP contribution in [0.4, 0.5) is 11.6 Å². The highest BCUT2D eigenvalue weighted by Crippen LogP contribution is 2.31. The molecule has 0 amide bonds. The summed E-state index contributed by atoms with van der Waals surface area (Å²) in [6, 6.07) is 2.71. The summed E-state index contributed by atoms with van der Waals surface area (Å²) < 4.78 is 0. The normalized spacial score (nSPS) is 19.4. The molecule has 0 saturated carbocycles. The first-order chi connectivity index (χ1) is 9.82. The Morgan fingerprint density at radius 3 is 2.62 bits per heavy atom. The third-order valence-corrected chi connectivity index (χ3v) is 4.10. The zero-order valence-electron chi connectivity index (χ0n) is 14.4. The maximum Gasteiger partial charge on any atom is 0.138 e. The van der Waals surface area contributed by atoms with Crippen LogP contribution in [-0.4, -0.2) is 29.1 Å². The molecule has 0 bridgehead atoms. The number of hydrogen-bond acceptors (Lipinski definition) is 4. The summed E-state index contributed by atoms with van der Waals surface area (Å²) in [6.45, 7) is 15.2. The largest absolute Gasteiger partial charge is 0.370 e. The second kappa shape index (κ2) is 6.20. The molecule has 118 valence electrons. The lowest BCUT2D eigenvalue weighted by Crippen LogP contribution is -2.34. The van der Waals surface area contributed by atoms with Crippen LogP contribution in [0.1, 0.15) is 60.2 Å². The molecule has 0 aromatic carbocycles. The Kier molecular flexibility index (Phi) is 4.74.